The van der Waals surface area contributed by atoms with E-state index in [1.807, 2.05) is 0 Å². The van der Waals surface area contributed by atoms with E-state index in [0.29, 0.717) is 6.07 Å². The van der Waals surface area contributed by atoms with Gasteiger partial charge in [-0.25, -0.2) is 0 Å². The molecule has 0 saturated heterocycles. The maximum atomic E-state index is 10.7. The van der Waals surface area contributed by atoms with Crippen molar-refractivity contribution in [3.05, 3.63) is 60.2 Å². The molecule has 0 aromatic heterocycles. The molecule has 0 bridgehead atoms. The van der Waals surface area contributed by atoms with Crippen molar-refractivity contribution in [1.82, 2.24) is 0 Å². The lowest BCUT2D eigenvalue weighted by Crippen LogP contribution is -2.50. The van der Waals surface area contributed by atoms with E-state index < -0.39 is 31.9 Å². The second-order valence-electron chi connectivity index (χ2n) is 2.96. The topological polar surface area (TPSA) is 150 Å². The first-order valence-corrected chi connectivity index (χ1v) is 4.06. The number of hydrogen-bond donors (Lipinski definition) is 1. The molecule has 0 saturated carbocycles. The van der Waals surface area contributed by atoms with E-state index in [4.69, 9.17) is 5.11 Å². The number of aromatic hydroxyl groups is 1. The second-order valence-corrected chi connectivity index (χ2v) is 2.96. The van der Waals surface area contributed by atoms with Gasteiger partial charge >= 0.3 is 5.79 Å². The van der Waals surface area contributed by atoms with E-state index >= 15 is 0 Å². The van der Waals surface area contributed by atoms with Crippen LogP contribution in [0.25, 0.3) is 0 Å². The molecule has 0 aliphatic rings. The second kappa shape index (κ2) is 4.00. The lowest BCUT2D eigenvalue weighted by Gasteiger charge is -2.08. The molecule has 17 heavy (non-hydrogen) atoms. The molecule has 10 nitrogen and oxygen atoms in total. The number of rotatable bonds is 4. The third-order valence-corrected chi connectivity index (χ3v) is 2.00. The van der Waals surface area contributed by atoms with Crippen molar-refractivity contribution < 1.29 is 19.9 Å². The summed E-state index contributed by atoms with van der Waals surface area (Å²) in [5.41, 5.74) is -0.836. The Morgan fingerprint density at radius 1 is 1.00 bits per heavy atom. The predicted molar refractivity (Wildman–Crippen MR) is 50.8 cm³/mol. The fourth-order valence-electron chi connectivity index (χ4n) is 1.23. The van der Waals surface area contributed by atoms with Gasteiger partial charge in [-0.1, -0.05) is 6.07 Å². The highest BCUT2D eigenvalue weighted by molar-refractivity contribution is 5.28. The van der Waals surface area contributed by atoms with Gasteiger partial charge in [0, 0.05) is 6.07 Å². The molecule has 1 rings (SSSR count). The molecule has 1 aromatic rings. The maximum absolute atomic E-state index is 10.7. The fourth-order valence-corrected chi connectivity index (χ4v) is 1.23. The Hall–Kier alpha value is -2.78. The van der Waals surface area contributed by atoms with Gasteiger partial charge in [-0.05, 0) is 12.1 Å². The van der Waals surface area contributed by atoms with Gasteiger partial charge in [-0.15, -0.1) is 0 Å². The SMILES string of the molecule is O=[N+]([O-])C(c1cccc(O)c1)([N+](=O)[O-])[N+](=O)[O-]. The van der Waals surface area contributed by atoms with E-state index in [-0.39, 0.29) is 0 Å². The van der Waals surface area contributed by atoms with Crippen molar-refractivity contribution in [3.8, 4) is 5.75 Å². The molecule has 10 heteroatoms. The van der Waals surface area contributed by atoms with Crippen LogP contribution in [0.2, 0.25) is 0 Å². The number of benzene rings is 1. The minimum absolute atomic E-state index is 0.544. The summed E-state index contributed by atoms with van der Waals surface area (Å²) in [5, 5.41) is 41.0. The van der Waals surface area contributed by atoms with Gasteiger partial charge in [-0.3, -0.25) is 30.3 Å². The zero-order valence-electron chi connectivity index (χ0n) is 8.05. The Bertz CT molecular complexity index is 464. The number of phenols is 1. The van der Waals surface area contributed by atoms with Gasteiger partial charge in [0.15, 0.2) is 20.3 Å². The van der Waals surface area contributed by atoms with Crippen LogP contribution in [0, 0.1) is 30.3 Å². The summed E-state index contributed by atoms with van der Waals surface area (Å²) >= 11 is 0. The standard InChI is InChI=1S/C7H5N3O7/c11-6-3-1-2-5(4-6)7(8(12)13,9(14)15)10(16)17/h1-4,11H. The van der Waals surface area contributed by atoms with Crippen LogP contribution in [0.5, 0.6) is 5.75 Å². The minimum atomic E-state index is -3.71. The molecule has 0 atom stereocenters. The van der Waals surface area contributed by atoms with E-state index in [1.165, 1.54) is 0 Å². The van der Waals surface area contributed by atoms with Crippen LogP contribution in [0.15, 0.2) is 24.3 Å². The lowest BCUT2D eigenvalue weighted by molar-refractivity contribution is -0.986. The van der Waals surface area contributed by atoms with Crippen LogP contribution in [0.1, 0.15) is 5.56 Å². The van der Waals surface area contributed by atoms with E-state index in [0.717, 1.165) is 18.2 Å². The van der Waals surface area contributed by atoms with Crippen molar-refractivity contribution in [1.29, 1.82) is 0 Å². The molecule has 90 valence electrons. The average molecular weight is 243 g/mol. The first-order valence-electron chi connectivity index (χ1n) is 4.06. The number of nitrogens with zero attached hydrogens (tertiary/aromatic N) is 3. The Morgan fingerprint density at radius 2 is 1.47 bits per heavy atom. The molecule has 0 fully saturated rings. The molecule has 0 unspecified atom stereocenters. The largest absolute Gasteiger partial charge is 0.728 e. The van der Waals surface area contributed by atoms with Gasteiger partial charge in [0.05, 0.1) is 0 Å². The number of nitro groups is 3. The van der Waals surface area contributed by atoms with Crippen molar-refractivity contribution in [2.75, 3.05) is 0 Å². The highest BCUT2D eigenvalue weighted by Crippen LogP contribution is 2.28. The fraction of sp³-hybridized carbons (Fsp3) is 0.143. The van der Waals surface area contributed by atoms with Crippen molar-refractivity contribution >= 4 is 0 Å². The molecule has 0 amide bonds. The monoisotopic (exact) mass is 243 g/mol. The highest BCUT2D eigenvalue weighted by Gasteiger charge is 2.72. The molecule has 0 heterocycles. The number of phenolic OH excluding ortho intramolecular Hbond substituents is 1. The Morgan fingerprint density at radius 3 is 1.82 bits per heavy atom. The van der Waals surface area contributed by atoms with E-state index in [1.54, 1.807) is 0 Å². The molecule has 0 aliphatic carbocycles. The van der Waals surface area contributed by atoms with Crippen LogP contribution in [0.3, 0.4) is 0 Å². The van der Waals surface area contributed by atoms with Crippen LogP contribution in [-0.2, 0) is 5.79 Å². The first-order chi connectivity index (χ1) is 7.83. The van der Waals surface area contributed by atoms with Crippen LogP contribution >= 0.6 is 0 Å². The van der Waals surface area contributed by atoms with Gasteiger partial charge in [0.25, 0.3) is 0 Å². The molecular weight excluding hydrogens is 238 g/mol. The summed E-state index contributed by atoms with van der Waals surface area (Å²) < 4.78 is 0. The quantitative estimate of drug-likeness (QED) is 0.454. The van der Waals surface area contributed by atoms with Gasteiger partial charge < -0.3 is 5.11 Å². The molecule has 0 spiro atoms. The van der Waals surface area contributed by atoms with Crippen molar-refractivity contribution in [2.24, 2.45) is 0 Å². The summed E-state index contributed by atoms with van der Waals surface area (Å²) in [6.07, 6.45) is 0. The molecule has 0 aliphatic heterocycles. The van der Waals surface area contributed by atoms with E-state index in [2.05, 4.69) is 0 Å². The van der Waals surface area contributed by atoms with Crippen molar-refractivity contribution in [2.45, 2.75) is 5.79 Å². The molecule has 1 N–H and O–H groups in total. The van der Waals surface area contributed by atoms with Gasteiger partial charge in [0.2, 0.25) is 0 Å². The van der Waals surface area contributed by atoms with E-state index in [9.17, 15) is 30.3 Å². The van der Waals surface area contributed by atoms with Gasteiger partial charge in [-0.2, -0.15) is 0 Å². The summed E-state index contributed by atoms with van der Waals surface area (Å²) in [6.45, 7) is 0. The van der Waals surface area contributed by atoms with Gasteiger partial charge in [0.1, 0.15) is 5.75 Å². The Kier molecular flexibility index (Phi) is 2.89. The predicted octanol–water partition coefficient (Wildman–Crippen LogP) is 0.333. The third kappa shape index (κ3) is 1.71. The molecular formula is C7H5N3O7. The minimum Gasteiger partial charge on any atom is -0.508 e. The summed E-state index contributed by atoms with van der Waals surface area (Å²) in [7, 11) is 0. The zero-order valence-corrected chi connectivity index (χ0v) is 8.05. The smallest absolute Gasteiger partial charge is 0.508 e. The summed E-state index contributed by atoms with van der Waals surface area (Å²) in [5.74, 6) is -4.25. The summed E-state index contributed by atoms with van der Waals surface area (Å²) in [6, 6.07) is 3.55. The molecule has 0 radical (unpaired) electrons. The number of hydrogen-bond acceptors (Lipinski definition) is 7. The first kappa shape index (κ1) is 12.3. The average Bonchev–Trinajstić information content (AvgIpc) is 2.16. The Labute approximate surface area is 92.5 Å². The maximum Gasteiger partial charge on any atom is 0.728 e. The van der Waals surface area contributed by atoms with Crippen LogP contribution in [0.4, 0.5) is 0 Å². The normalized spacial score (nSPS) is 10.8. The summed E-state index contributed by atoms with van der Waals surface area (Å²) in [4.78, 5) is 27.1. The molecule has 1 aromatic carbocycles. The van der Waals surface area contributed by atoms with Crippen LogP contribution < -0.4 is 0 Å². The highest BCUT2D eigenvalue weighted by atomic mass is 16.7. The van der Waals surface area contributed by atoms with Crippen LogP contribution in [-0.4, -0.2) is 19.9 Å². The zero-order chi connectivity index (χ0) is 13.2. The lowest BCUT2D eigenvalue weighted by atomic mass is 10.1. The van der Waals surface area contributed by atoms with Crippen molar-refractivity contribution in [3.63, 3.8) is 0 Å². The third-order valence-electron chi connectivity index (χ3n) is 2.00. The Balaban J connectivity index is 3.59.